The molecule has 0 amide bonds. The van der Waals surface area contributed by atoms with Gasteiger partial charge in [0.1, 0.15) is 5.75 Å². The van der Waals surface area contributed by atoms with Crippen LogP contribution in [0.15, 0.2) is 36.9 Å². The van der Waals surface area contributed by atoms with Crippen molar-refractivity contribution in [2.75, 3.05) is 7.11 Å². The Bertz CT molecular complexity index is 305. The third-order valence-corrected chi connectivity index (χ3v) is 1.40. The van der Waals surface area contributed by atoms with Gasteiger partial charge < -0.3 is 9.84 Å². The highest BCUT2D eigenvalue weighted by Crippen LogP contribution is 2.10. The second kappa shape index (κ2) is 6.71. The fourth-order valence-electron chi connectivity index (χ4n) is 0.742. The maximum Gasteiger partial charge on any atom is 0.327 e. The van der Waals surface area contributed by atoms with Gasteiger partial charge in [-0.1, -0.05) is 18.7 Å². The molecule has 0 aliphatic carbocycles. The molecule has 0 radical (unpaired) electrons. The number of hydrogen-bond acceptors (Lipinski definition) is 2. The number of aliphatic carboxylic acids is 1. The lowest BCUT2D eigenvalue weighted by atomic mass is 10.2. The Morgan fingerprint density at radius 1 is 1.57 bits per heavy atom. The molecule has 3 heteroatoms. The second-order valence-corrected chi connectivity index (χ2v) is 2.56. The highest BCUT2D eigenvalue weighted by molar-refractivity contribution is 5.78. The first-order valence-electron chi connectivity index (χ1n) is 4.06. The molecule has 0 heterocycles. The molecule has 1 rings (SSSR count). The van der Waals surface area contributed by atoms with E-state index < -0.39 is 5.97 Å². The van der Waals surface area contributed by atoms with E-state index in [2.05, 4.69) is 6.58 Å². The molecule has 0 atom stereocenters. The summed E-state index contributed by atoms with van der Waals surface area (Å²) >= 11 is 0. The Morgan fingerprint density at radius 2 is 2.14 bits per heavy atom. The molecule has 0 fully saturated rings. The monoisotopic (exact) mass is 194 g/mol. The Hall–Kier alpha value is -1.77. The highest BCUT2D eigenvalue weighted by Gasteiger charge is 1.86. The Kier molecular flexibility index (Phi) is 5.87. The maximum absolute atomic E-state index is 9.25. The molecule has 3 nitrogen and oxygen atoms in total. The third kappa shape index (κ3) is 5.83. The molecule has 0 saturated carbocycles. The number of methoxy groups -OCH3 is 1. The lowest BCUT2D eigenvalue weighted by molar-refractivity contribution is -0.131. The molecular formula is C11H14O3. The van der Waals surface area contributed by atoms with Crippen LogP contribution >= 0.6 is 0 Å². The highest BCUT2D eigenvalue weighted by atomic mass is 16.5. The standard InChI is InChI=1S/C8H10O.C3H4O2/c1-7-4-3-5-8(6-7)9-2;1-2-3(4)5/h3-6H,1-2H3;2H,1H2,(H,4,5). The van der Waals surface area contributed by atoms with Gasteiger partial charge >= 0.3 is 5.97 Å². The van der Waals surface area contributed by atoms with E-state index in [0.717, 1.165) is 11.8 Å². The van der Waals surface area contributed by atoms with Gasteiger partial charge in [-0.2, -0.15) is 0 Å². The van der Waals surface area contributed by atoms with Crippen molar-refractivity contribution in [3.8, 4) is 5.75 Å². The quantitative estimate of drug-likeness (QED) is 0.734. The van der Waals surface area contributed by atoms with Crippen molar-refractivity contribution in [1.29, 1.82) is 0 Å². The molecule has 76 valence electrons. The van der Waals surface area contributed by atoms with E-state index in [0.29, 0.717) is 0 Å². The molecule has 0 saturated heterocycles. The predicted molar refractivity (Wildman–Crippen MR) is 55.6 cm³/mol. The third-order valence-electron chi connectivity index (χ3n) is 1.40. The molecule has 1 aromatic rings. The van der Waals surface area contributed by atoms with Gasteiger partial charge in [-0.05, 0) is 24.6 Å². The Morgan fingerprint density at radius 3 is 2.43 bits per heavy atom. The number of carbonyl (C=O) groups is 1. The maximum atomic E-state index is 9.25. The molecule has 14 heavy (non-hydrogen) atoms. The van der Waals surface area contributed by atoms with Gasteiger partial charge in [0.2, 0.25) is 0 Å². The summed E-state index contributed by atoms with van der Waals surface area (Å²) in [4.78, 5) is 9.25. The molecule has 1 N–H and O–H groups in total. The number of benzene rings is 1. The predicted octanol–water partition coefficient (Wildman–Crippen LogP) is 2.26. The minimum absolute atomic E-state index is 0.833. The van der Waals surface area contributed by atoms with Crippen molar-refractivity contribution >= 4 is 5.97 Å². The zero-order valence-electron chi connectivity index (χ0n) is 8.36. The van der Waals surface area contributed by atoms with Crippen molar-refractivity contribution in [1.82, 2.24) is 0 Å². The number of rotatable bonds is 2. The first kappa shape index (κ1) is 12.2. The van der Waals surface area contributed by atoms with Crippen LogP contribution in [-0.2, 0) is 4.79 Å². The van der Waals surface area contributed by atoms with Gasteiger partial charge in [0.15, 0.2) is 0 Å². The van der Waals surface area contributed by atoms with Crippen LogP contribution in [0.5, 0.6) is 5.75 Å². The van der Waals surface area contributed by atoms with Gasteiger partial charge in [-0.15, -0.1) is 0 Å². The van der Waals surface area contributed by atoms with Gasteiger partial charge in [0, 0.05) is 6.08 Å². The second-order valence-electron chi connectivity index (χ2n) is 2.56. The fraction of sp³-hybridized carbons (Fsp3) is 0.182. The van der Waals surface area contributed by atoms with Gasteiger partial charge in [-0.3, -0.25) is 0 Å². The SMILES string of the molecule is C=CC(=O)O.COc1cccc(C)c1. The summed E-state index contributed by atoms with van der Waals surface area (Å²) in [5, 5.41) is 7.60. The lowest BCUT2D eigenvalue weighted by Gasteiger charge is -1.97. The first-order valence-corrected chi connectivity index (χ1v) is 4.06. The zero-order chi connectivity index (χ0) is 11.0. The average Bonchev–Trinajstić information content (AvgIpc) is 2.18. The summed E-state index contributed by atoms with van der Waals surface area (Å²) in [6.07, 6.45) is 0.833. The summed E-state index contributed by atoms with van der Waals surface area (Å²) < 4.78 is 5.00. The minimum Gasteiger partial charge on any atom is -0.497 e. The van der Waals surface area contributed by atoms with Crippen LogP contribution in [0, 0.1) is 6.92 Å². The number of hydrogen-bond donors (Lipinski definition) is 1. The van der Waals surface area contributed by atoms with Crippen molar-refractivity contribution in [2.24, 2.45) is 0 Å². The molecule has 0 aromatic heterocycles. The number of carboxylic acids is 1. The van der Waals surface area contributed by atoms with Crippen molar-refractivity contribution in [3.05, 3.63) is 42.5 Å². The van der Waals surface area contributed by atoms with E-state index in [1.165, 1.54) is 5.56 Å². The Labute approximate surface area is 83.6 Å². The van der Waals surface area contributed by atoms with Gasteiger partial charge in [-0.25, -0.2) is 4.79 Å². The molecule has 0 spiro atoms. The van der Waals surface area contributed by atoms with E-state index in [9.17, 15) is 4.79 Å². The lowest BCUT2D eigenvalue weighted by Crippen LogP contribution is -1.82. The van der Waals surface area contributed by atoms with Gasteiger partial charge in [0.25, 0.3) is 0 Å². The average molecular weight is 194 g/mol. The van der Waals surface area contributed by atoms with Crippen LogP contribution in [0.2, 0.25) is 0 Å². The molecule has 0 bridgehead atoms. The first-order chi connectivity index (χ1) is 6.60. The summed E-state index contributed by atoms with van der Waals surface area (Å²) in [6, 6.07) is 7.96. The molecular weight excluding hydrogens is 180 g/mol. The normalized spacial score (nSPS) is 8.14. The smallest absolute Gasteiger partial charge is 0.327 e. The van der Waals surface area contributed by atoms with E-state index in [1.54, 1.807) is 7.11 Å². The topological polar surface area (TPSA) is 46.5 Å². The van der Waals surface area contributed by atoms with E-state index in [-0.39, 0.29) is 0 Å². The number of ether oxygens (including phenoxy) is 1. The van der Waals surface area contributed by atoms with Crippen LogP contribution < -0.4 is 4.74 Å². The van der Waals surface area contributed by atoms with Crippen LogP contribution in [-0.4, -0.2) is 18.2 Å². The zero-order valence-corrected chi connectivity index (χ0v) is 8.36. The molecule has 1 aromatic carbocycles. The van der Waals surface area contributed by atoms with Crippen molar-refractivity contribution in [3.63, 3.8) is 0 Å². The van der Waals surface area contributed by atoms with Crippen molar-refractivity contribution < 1.29 is 14.6 Å². The summed E-state index contributed by atoms with van der Waals surface area (Å²) in [5.74, 6) is -0.0556. The summed E-state index contributed by atoms with van der Waals surface area (Å²) in [6.45, 7) is 5.00. The summed E-state index contributed by atoms with van der Waals surface area (Å²) in [7, 11) is 1.68. The van der Waals surface area contributed by atoms with E-state index >= 15 is 0 Å². The van der Waals surface area contributed by atoms with Crippen LogP contribution in [0.3, 0.4) is 0 Å². The largest absolute Gasteiger partial charge is 0.497 e. The van der Waals surface area contributed by atoms with Crippen LogP contribution in [0.1, 0.15) is 5.56 Å². The molecule has 0 unspecified atom stereocenters. The minimum atomic E-state index is -0.981. The Balaban J connectivity index is 0.000000292. The van der Waals surface area contributed by atoms with Crippen molar-refractivity contribution in [2.45, 2.75) is 6.92 Å². The molecule has 0 aliphatic heterocycles. The van der Waals surface area contributed by atoms with Gasteiger partial charge in [0.05, 0.1) is 7.11 Å². The number of carboxylic acid groups (broad SMARTS) is 1. The number of aryl methyl sites for hydroxylation is 1. The molecule has 0 aliphatic rings. The van der Waals surface area contributed by atoms with Crippen LogP contribution in [0.25, 0.3) is 0 Å². The summed E-state index contributed by atoms with van der Waals surface area (Å²) in [5.41, 5.74) is 1.23. The fourth-order valence-corrected chi connectivity index (χ4v) is 0.742. The van der Waals surface area contributed by atoms with E-state index in [1.807, 2.05) is 31.2 Å². The van der Waals surface area contributed by atoms with E-state index in [4.69, 9.17) is 9.84 Å². The van der Waals surface area contributed by atoms with Crippen LogP contribution in [0.4, 0.5) is 0 Å².